The maximum atomic E-state index is 12.4. The summed E-state index contributed by atoms with van der Waals surface area (Å²) in [7, 11) is 0. The Morgan fingerprint density at radius 2 is 1.45 bits per heavy atom. The van der Waals surface area contributed by atoms with Crippen molar-refractivity contribution in [1.82, 2.24) is 10.6 Å². The molecule has 8 heteroatoms. The number of hydrogen-bond donors (Lipinski definition) is 3. The van der Waals surface area contributed by atoms with Gasteiger partial charge in [-0.15, -0.1) is 0 Å². The van der Waals surface area contributed by atoms with E-state index in [1.807, 2.05) is 6.07 Å². The normalized spacial score (nSPS) is 10.1. The van der Waals surface area contributed by atoms with E-state index in [9.17, 15) is 19.2 Å². The molecule has 0 spiro atoms. The van der Waals surface area contributed by atoms with Gasteiger partial charge < -0.3 is 20.7 Å². The predicted octanol–water partition coefficient (Wildman–Crippen LogP) is 2.91. The lowest BCUT2D eigenvalue weighted by molar-refractivity contribution is -0.131. The Labute approximate surface area is 191 Å². The molecule has 8 nitrogen and oxygen atoms in total. The average molecular weight is 445 g/mol. The third-order valence-corrected chi connectivity index (χ3v) is 4.50. The van der Waals surface area contributed by atoms with Gasteiger partial charge in [0.25, 0.3) is 11.8 Å². The highest BCUT2D eigenvalue weighted by molar-refractivity contribution is 6.04. The van der Waals surface area contributed by atoms with E-state index in [1.54, 1.807) is 66.7 Å². The molecule has 0 saturated heterocycles. The van der Waals surface area contributed by atoms with E-state index < -0.39 is 5.97 Å². The fourth-order valence-electron chi connectivity index (χ4n) is 2.89. The summed E-state index contributed by atoms with van der Waals surface area (Å²) in [5.41, 5.74) is 2.24. The minimum atomic E-state index is -0.464. The van der Waals surface area contributed by atoms with Gasteiger partial charge in [-0.05, 0) is 48.0 Å². The predicted molar refractivity (Wildman–Crippen MR) is 123 cm³/mol. The third kappa shape index (κ3) is 7.32. The monoisotopic (exact) mass is 445 g/mol. The topological polar surface area (TPSA) is 114 Å². The zero-order valence-corrected chi connectivity index (χ0v) is 18.0. The zero-order chi connectivity index (χ0) is 23.6. The van der Waals surface area contributed by atoms with Gasteiger partial charge in [0.2, 0.25) is 5.91 Å². The van der Waals surface area contributed by atoms with Gasteiger partial charge in [0, 0.05) is 30.3 Å². The second-order valence-corrected chi connectivity index (χ2v) is 7.10. The van der Waals surface area contributed by atoms with Crippen LogP contribution in [0.25, 0.3) is 0 Å². The Kier molecular flexibility index (Phi) is 7.91. The summed E-state index contributed by atoms with van der Waals surface area (Å²) >= 11 is 0. The van der Waals surface area contributed by atoms with Gasteiger partial charge in [0.1, 0.15) is 5.75 Å². The van der Waals surface area contributed by atoms with E-state index in [0.717, 1.165) is 5.56 Å². The Balaban J connectivity index is 1.46. The number of anilines is 1. The summed E-state index contributed by atoms with van der Waals surface area (Å²) in [4.78, 5) is 47.5. The summed E-state index contributed by atoms with van der Waals surface area (Å²) in [5, 5.41) is 8.07. The van der Waals surface area contributed by atoms with Crippen LogP contribution in [0.2, 0.25) is 0 Å². The van der Waals surface area contributed by atoms with Gasteiger partial charge in [0.15, 0.2) is 0 Å². The number of hydrogen-bond acceptors (Lipinski definition) is 5. The summed E-state index contributed by atoms with van der Waals surface area (Å²) < 4.78 is 4.99. The van der Waals surface area contributed by atoms with E-state index in [-0.39, 0.29) is 30.8 Å². The molecule has 0 fully saturated rings. The highest BCUT2D eigenvalue weighted by Gasteiger charge is 2.10. The highest BCUT2D eigenvalue weighted by Crippen LogP contribution is 2.16. The minimum Gasteiger partial charge on any atom is -0.427 e. The summed E-state index contributed by atoms with van der Waals surface area (Å²) in [5.74, 6) is -1.15. The van der Waals surface area contributed by atoms with Crippen LogP contribution in [-0.4, -0.2) is 30.2 Å². The first-order chi connectivity index (χ1) is 15.9. The van der Waals surface area contributed by atoms with Gasteiger partial charge in [-0.25, -0.2) is 0 Å². The number of rotatable bonds is 8. The largest absolute Gasteiger partial charge is 0.427 e. The van der Waals surface area contributed by atoms with Crippen LogP contribution in [0.4, 0.5) is 5.69 Å². The van der Waals surface area contributed by atoms with Crippen LogP contribution in [0.15, 0.2) is 78.9 Å². The van der Waals surface area contributed by atoms with Crippen molar-refractivity contribution in [2.24, 2.45) is 0 Å². The second-order valence-electron chi connectivity index (χ2n) is 7.10. The molecule has 3 aromatic rings. The van der Waals surface area contributed by atoms with E-state index in [4.69, 9.17) is 4.74 Å². The molecule has 0 unspecified atom stereocenters. The molecule has 0 aromatic heterocycles. The Hall–Kier alpha value is -4.46. The molecule has 0 heterocycles. The highest BCUT2D eigenvalue weighted by atomic mass is 16.5. The molecular weight excluding hydrogens is 422 g/mol. The number of ether oxygens (including phenoxy) is 1. The zero-order valence-electron chi connectivity index (χ0n) is 18.0. The van der Waals surface area contributed by atoms with Gasteiger partial charge >= 0.3 is 5.97 Å². The first-order valence-corrected chi connectivity index (χ1v) is 10.2. The molecule has 33 heavy (non-hydrogen) atoms. The Bertz CT molecular complexity index is 1140. The molecule has 0 aliphatic rings. The van der Waals surface area contributed by atoms with Crippen molar-refractivity contribution in [3.63, 3.8) is 0 Å². The molecule has 0 aliphatic heterocycles. The number of carbonyl (C=O) groups is 4. The van der Waals surface area contributed by atoms with Crippen molar-refractivity contribution >= 4 is 29.4 Å². The molecular formula is C25H23N3O5. The van der Waals surface area contributed by atoms with Crippen LogP contribution < -0.4 is 20.7 Å². The molecule has 3 N–H and O–H groups in total. The lowest BCUT2D eigenvalue weighted by Gasteiger charge is -2.09. The van der Waals surface area contributed by atoms with E-state index in [0.29, 0.717) is 22.6 Å². The fraction of sp³-hybridized carbons (Fsp3) is 0.120. The maximum Gasteiger partial charge on any atom is 0.308 e. The van der Waals surface area contributed by atoms with Crippen LogP contribution in [-0.2, 0) is 16.1 Å². The molecule has 0 atom stereocenters. The number of carbonyl (C=O) groups excluding carboxylic acids is 4. The molecule has 168 valence electrons. The number of amides is 3. The van der Waals surface area contributed by atoms with Gasteiger partial charge in [-0.1, -0.05) is 36.4 Å². The van der Waals surface area contributed by atoms with Crippen molar-refractivity contribution in [1.29, 1.82) is 0 Å². The van der Waals surface area contributed by atoms with Crippen molar-refractivity contribution in [3.05, 3.63) is 95.6 Å². The summed E-state index contributed by atoms with van der Waals surface area (Å²) in [6.07, 6.45) is 0. The van der Waals surface area contributed by atoms with E-state index in [2.05, 4.69) is 16.0 Å². The SMILES string of the molecule is CC(=O)Oc1cccc(C(=O)Nc2ccc(CNC(=O)CNC(=O)c3ccccc3)cc2)c1. The molecule has 0 bridgehead atoms. The molecule has 3 rings (SSSR count). The quantitative estimate of drug-likeness (QED) is 0.364. The first kappa shape index (κ1) is 23.2. The molecule has 0 radical (unpaired) electrons. The standard InChI is InChI=1S/C25H23N3O5/c1-17(29)33-22-9-5-8-20(14-22)25(32)28-21-12-10-18(11-13-21)15-26-23(30)16-27-24(31)19-6-3-2-4-7-19/h2-14H,15-16H2,1H3,(H,26,30)(H,27,31)(H,28,32). The van der Waals surface area contributed by atoms with Gasteiger partial charge in [-0.2, -0.15) is 0 Å². The van der Waals surface area contributed by atoms with Crippen molar-refractivity contribution in [3.8, 4) is 5.75 Å². The third-order valence-electron chi connectivity index (χ3n) is 4.50. The molecule has 3 aromatic carbocycles. The van der Waals surface area contributed by atoms with Crippen LogP contribution in [0.3, 0.4) is 0 Å². The van der Waals surface area contributed by atoms with Crippen LogP contribution >= 0.6 is 0 Å². The van der Waals surface area contributed by atoms with Crippen LogP contribution in [0.5, 0.6) is 5.75 Å². The number of benzene rings is 3. The van der Waals surface area contributed by atoms with Crippen molar-refractivity contribution < 1.29 is 23.9 Å². The fourth-order valence-corrected chi connectivity index (χ4v) is 2.89. The lowest BCUT2D eigenvalue weighted by Crippen LogP contribution is -2.36. The Morgan fingerprint density at radius 3 is 2.15 bits per heavy atom. The van der Waals surface area contributed by atoms with Gasteiger partial charge in [0.05, 0.1) is 6.54 Å². The summed E-state index contributed by atoms with van der Waals surface area (Å²) in [6.45, 7) is 1.43. The number of esters is 1. The van der Waals surface area contributed by atoms with Crippen molar-refractivity contribution in [2.75, 3.05) is 11.9 Å². The van der Waals surface area contributed by atoms with Crippen molar-refractivity contribution in [2.45, 2.75) is 13.5 Å². The van der Waals surface area contributed by atoms with Crippen LogP contribution in [0.1, 0.15) is 33.2 Å². The van der Waals surface area contributed by atoms with Crippen LogP contribution in [0, 0.1) is 0 Å². The average Bonchev–Trinajstić information content (AvgIpc) is 2.82. The molecule has 0 saturated carbocycles. The second kappa shape index (κ2) is 11.2. The minimum absolute atomic E-state index is 0.131. The van der Waals surface area contributed by atoms with E-state index in [1.165, 1.54) is 13.0 Å². The maximum absolute atomic E-state index is 12.4. The van der Waals surface area contributed by atoms with Gasteiger partial charge in [-0.3, -0.25) is 19.2 Å². The lowest BCUT2D eigenvalue weighted by atomic mass is 10.1. The number of nitrogens with one attached hydrogen (secondary N) is 3. The molecule has 0 aliphatic carbocycles. The Morgan fingerprint density at radius 1 is 0.758 bits per heavy atom. The smallest absolute Gasteiger partial charge is 0.308 e. The summed E-state index contributed by atoms with van der Waals surface area (Å²) in [6, 6.07) is 21.9. The van der Waals surface area contributed by atoms with E-state index >= 15 is 0 Å². The molecule has 3 amide bonds. The first-order valence-electron chi connectivity index (χ1n) is 10.2.